The third kappa shape index (κ3) is 39.8. The Bertz CT molecular complexity index is 5010. The first-order valence-electron chi connectivity index (χ1n) is 38.9. The summed E-state index contributed by atoms with van der Waals surface area (Å²) in [5.74, 6) is 0.785. The van der Waals surface area contributed by atoms with Gasteiger partial charge in [-0.1, -0.05) is 147 Å². The number of carbonyl (C=O) groups excluding carboxylic acids is 12. The number of allylic oxidation sites excluding steroid dienone is 4. The summed E-state index contributed by atoms with van der Waals surface area (Å²) in [7, 11) is 0.227. The van der Waals surface area contributed by atoms with Crippen LogP contribution >= 0.6 is 0 Å². The van der Waals surface area contributed by atoms with Crippen LogP contribution in [0.2, 0.25) is 0 Å². The number of pyridine rings is 1. The number of nitrogens with zero attached hydrogens (tertiary/aromatic N) is 3. The average Bonchev–Trinajstić information content (AvgIpc) is 0.749. The third-order valence-electron chi connectivity index (χ3n) is 17.4. The fourth-order valence-corrected chi connectivity index (χ4v) is 12.3. The monoisotopic (exact) mass is 1720 g/mol. The maximum Gasteiger partial charge on any atom is 0.274 e. The van der Waals surface area contributed by atoms with E-state index in [2.05, 4.69) is 32.2 Å². The molecular weight excluding hydrogens is 1620 g/mol. The van der Waals surface area contributed by atoms with Crippen molar-refractivity contribution in [3.63, 3.8) is 0 Å². The summed E-state index contributed by atoms with van der Waals surface area (Å²) in [6.45, 7) is 3.93. The van der Waals surface area contributed by atoms with E-state index in [0.29, 0.717) is 90.7 Å². The van der Waals surface area contributed by atoms with Gasteiger partial charge >= 0.3 is 0 Å². The van der Waals surface area contributed by atoms with Crippen molar-refractivity contribution in [2.24, 2.45) is 5.92 Å². The number of nitrogens with one attached hydrogen (secondary N) is 10. The Morgan fingerprint density at radius 1 is 0.476 bits per heavy atom. The molecule has 17 N–H and O–H groups in total. The predicted octanol–water partition coefficient (Wildman–Crippen LogP) is 11.6. The van der Waals surface area contributed by atoms with Crippen LogP contribution in [0, 0.1) is 17.8 Å². The molecule has 1 atom stereocenters. The molecular formula is C89H103N13O21S. The Morgan fingerprint density at radius 3 is 1.48 bits per heavy atom. The maximum absolute atomic E-state index is 12.6. The number of amides is 11. The summed E-state index contributed by atoms with van der Waals surface area (Å²) in [4.78, 5) is 144. The first-order chi connectivity index (χ1) is 59.6. The molecule has 1 aliphatic rings. The number of para-hydroxylation sites is 1. The van der Waals surface area contributed by atoms with Crippen LogP contribution in [-0.4, -0.2) is 146 Å². The highest BCUT2D eigenvalue weighted by Crippen LogP contribution is 2.31. The molecule has 7 aromatic carbocycles. The van der Waals surface area contributed by atoms with Crippen LogP contribution in [0.5, 0.6) is 0 Å². The molecule has 0 saturated heterocycles. The average molecular weight is 1720 g/mol. The number of hydroxylamine groups is 7. The number of unbranched alkanes of at least 4 members (excludes halogenated alkanes) is 8. The number of rotatable bonds is 35. The molecule has 35 heteroatoms. The molecule has 0 saturated carbocycles. The van der Waals surface area contributed by atoms with Crippen LogP contribution < -0.4 is 58.6 Å². The van der Waals surface area contributed by atoms with Gasteiger partial charge in [-0.25, -0.2) is 46.8 Å². The Hall–Kier alpha value is -14.2. The number of sulfonamides is 1. The van der Waals surface area contributed by atoms with Crippen molar-refractivity contribution in [2.75, 3.05) is 40.9 Å². The summed E-state index contributed by atoms with van der Waals surface area (Å²) in [5, 5.41) is 65.6. The highest BCUT2D eigenvalue weighted by molar-refractivity contribution is 7.92. The topological polar surface area (TPSA) is 520 Å². The van der Waals surface area contributed by atoms with Crippen molar-refractivity contribution in [1.29, 1.82) is 0 Å². The van der Waals surface area contributed by atoms with Gasteiger partial charge in [-0.2, -0.15) is 0 Å². The van der Waals surface area contributed by atoms with Crippen molar-refractivity contribution in [1.82, 2.24) is 48.2 Å². The largest absolute Gasteiger partial charge is 0.378 e. The lowest BCUT2D eigenvalue weighted by Crippen LogP contribution is -2.40. The molecule has 0 unspecified atom stereocenters. The number of Topliss-reactive ketones (excluding diaryl/α,β-unsaturated/α-hetero) is 1. The zero-order chi connectivity index (χ0) is 91.0. The van der Waals surface area contributed by atoms with Gasteiger partial charge in [-0.3, -0.25) is 109 Å². The molecule has 9 rings (SSSR count). The van der Waals surface area contributed by atoms with Gasteiger partial charge in [0.2, 0.25) is 29.5 Å². The quantitative estimate of drug-likeness (QED) is 0.00256. The molecule has 2 heterocycles. The minimum absolute atomic E-state index is 0.0132. The number of hydrogen-bond donors (Lipinski definition) is 17. The molecule has 0 radical (unpaired) electrons. The lowest BCUT2D eigenvalue weighted by Gasteiger charge is -2.27. The number of ketones is 1. The van der Waals surface area contributed by atoms with E-state index < -0.39 is 39.6 Å². The lowest BCUT2D eigenvalue weighted by atomic mass is 9.94. The summed E-state index contributed by atoms with van der Waals surface area (Å²) < 4.78 is 27.0. The SMILES string of the molecule is CC(/C=C/C(=O)NO)=C\[C@@H](C)C(=O)c1ccc(N(C)C)cc1.O=C(/C=C/C#Cc1cccc(NS(=O)(=O)c2ccccc2)c1)NO.O=C(/C=C/c1cccc(C(=O)NO)c1)NO.O=C(CCCCCCC(=O)Nc1ccccc1)NO.O=C(CCCCCCC(=O)Nc1cccnc1)NO.O=C(CCCCCN1C(=O)c2cccc3cccc(c23)C1=O)NO. The number of aromatic nitrogens is 1. The number of benzene rings is 7. The van der Waals surface area contributed by atoms with Gasteiger partial charge in [0.15, 0.2) is 5.78 Å². The van der Waals surface area contributed by atoms with Crippen LogP contribution in [0.1, 0.15) is 169 Å². The van der Waals surface area contributed by atoms with Crippen LogP contribution in [0.3, 0.4) is 0 Å². The number of imide groups is 1. The van der Waals surface area contributed by atoms with E-state index in [4.69, 9.17) is 36.5 Å². The van der Waals surface area contributed by atoms with Gasteiger partial charge in [-0.15, -0.1) is 0 Å². The highest BCUT2D eigenvalue weighted by atomic mass is 32.2. The first-order valence-corrected chi connectivity index (χ1v) is 40.4. The van der Waals surface area contributed by atoms with Crippen molar-refractivity contribution in [3.8, 4) is 11.8 Å². The standard InChI is InChI=1S/C18H18N2O4.C17H14N2O4S.C17H22N2O3.C14H20N2O3.C13H19N3O3.C10H10N2O4/c21-15(19-24)10-2-1-3-11-20-17(22)13-8-4-6-12-7-5-9-14(16(12)13)18(20)23;20-17(18-21)12-5-4-7-14-8-6-9-15(13-14)19-24(22,23)16-10-2-1-3-11-16;1-12(5-10-16(20)18-22)11-13(2)17(21)14-6-8-15(9-7-14)19(3)4;17-13(15-12-8-4-3-5-9-12)10-6-1-2-7-11-14(18)16-19;17-12(15-11-6-5-9-14-10-11)7-3-1-2-4-8-13(18)16-19;13-9(11-15)5-4-7-2-1-3-8(6-7)10(14)12-16/h4-9,24H,1-3,10-11H2,(H,19,21);1-3,5-6,8-13,19,21H,(H,18,20);5-11,13,22H,1-4H3,(H,18,20);3-5,8-9,19H,1-2,6-7,10-11H2,(H,15,17)(H,16,18);5-6,9-10,19H,1-4,7-8H2,(H,15,17)(H,16,18);1-6,15-16H,(H,11,13)(H,12,14)/b;12-5+;10-5+,12-11+;;;5-4+/t;;13-;;;/m..1.../s1. The second-order valence-corrected chi connectivity index (χ2v) is 28.9. The minimum atomic E-state index is -3.66. The van der Waals surface area contributed by atoms with Crippen LogP contribution in [-0.2, 0) is 48.4 Å². The zero-order valence-electron chi connectivity index (χ0n) is 68.7. The van der Waals surface area contributed by atoms with Gasteiger partial charge in [0.05, 0.1) is 22.5 Å². The van der Waals surface area contributed by atoms with Crippen molar-refractivity contribution < 1.29 is 102 Å². The molecule has 8 aromatic rings. The predicted molar refractivity (Wildman–Crippen MR) is 462 cm³/mol. The molecule has 0 fully saturated rings. The number of anilines is 4. The molecule has 124 heavy (non-hydrogen) atoms. The van der Waals surface area contributed by atoms with Gasteiger partial charge < -0.3 is 15.5 Å². The minimum Gasteiger partial charge on any atom is -0.378 e. The van der Waals surface area contributed by atoms with E-state index in [0.717, 1.165) is 91.2 Å². The highest BCUT2D eigenvalue weighted by Gasteiger charge is 2.32. The molecule has 1 aliphatic heterocycles. The maximum atomic E-state index is 12.6. The van der Waals surface area contributed by atoms with E-state index in [-0.39, 0.29) is 64.0 Å². The Labute approximate surface area is 717 Å². The summed E-state index contributed by atoms with van der Waals surface area (Å²) in [6, 6.07) is 52.1. The molecule has 1 aromatic heterocycles. The van der Waals surface area contributed by atoms with E-state index in [1.807, 2.05) is 105 Å². The van der Waals surface area contributed by atoms with Gasteiger partial charge in [-0.05, 0) is 172 Å². The molecule has 0 spiro atoms. The second kappa shape index (κ2) is 57.9. The van der Waals surface area contributed by atoms with Crippen LogP contribution in [0.4, 0.5) is 22.7 Å². The molecule has 11 amide bonds. The molecule has 0 aliphatic carbocycles. The molecule has 656 valence electrons. The van der Waals surface area contributed by atoms with E-state index >= 15 is 0 Å². The van der Waals surface area contributed by atoms with E-state index in [1.165, 1.54) is 69.3 Å². The Morgan fingerprint density at radius 2 is 0.960 bits per heavy atom. The number of hydrogen-bond acceptors (Lipinski definition) is 23. The summed E-state index contributed by atoms with van der Waals surface area (Å²) in [6.07, 6.45) is 22.9. The third-order valence-corrected chi connectivity index (χ3v) is 18.8. The second-order valence-electron chi connectivity index (χ2n) is 27.2. The molecule has 0 bridgehead atoms. The first kappa shape index (κ1) is 102. The van der Waals surface area contributed by atoms with Crippen molar-refractivity contribution >= 4 is 120 Å². The van der Waals surface area contributed by atoms with Crippen LogP contribution in [0.25, 0.3) is 16.8 Å². The zero-order valence-corrected chi connectivity index (χ0v) is 69.5. The fraction of sp³-hybridized carbons (Fsp3) is 0.247. The Kier molecular flexibility index (Phi) is 47.7. The Balaban J connectivity index is 0.000000314. The van der Waals surface area contributed by atoms with Crippen molar-refractivity contribution in [2.45, 2.75) is 121 Å². The molecule has 34 nitrogen and oxygen atoms in total. The van der Waals surface area contributed by atoms with E-state index in [1.54, 1.807) is 127 Å². The van der Waals surface area contributed by atoms with Crippen molar-refractivity contribution in [3.05, 3.63) is 270 Å². The van der Waals surface area contributed by atoms with Crippen LogP contribution in [0.15, 0.2) is 241 Å². The van der Waals surface area contributed by atoms with Gasteiger partial charge in [0.25, 0.3) is 45.5 Å². The normalized spacial score (nSPS) is 11.3. The van der Waals surface area contributed by atoms with Gasteiger partial charge in [0, 0.05) is 128 Å². The summed E-state index contributed by atoms with van der Waals surface area (Å²) in [5.41, 5.74) is 17.6. The fourth-order valence-electron chi connectivity index (χ4n) is 11.2. The smallest absolute Gasteiger partial charge is 0.274 e. The number of carbonyl (C=O) groups is 12. The lowest BCUT2D eigenvalue weighted by molar-refractivity contribution is -0.130. The van der Waals surface area contributed by atoms with E-state index in [9.17, 15) is 66.0 Å². The summed E-state index contributed by atoms with van der Waals surface area (Å²) >= 11 is 0. The van der Waals surface area contributed by atoms with Gasteiger partial charge in [0.1, 0.15) is 0 Å².